The lowest BCUT2D eigenvalue weighted by atomic mass is 9.92. The molecule has 0 spiro atoms. The van der Waals surface area contributed by atoms with Gasteiger partial charge in [-0.2, -0.15) is 0 Å². The second-order valence-corrected chi connectivity index (χ2v) is 14.1. The zero-order valence-electron chi connectivity index (χ0n) is 33.1. The molecule has 318 valence electrons. The fraction of sp³-hybridized carbons (Fsp3) is 0.585. The fourth-order valence-electron chi connectivity index (χ4n) is 6.03. The minimum absolute atomic E-state index is 0.0545. The van der Waals surface area contributed by atoms with Gasteiger partial charge in [0.1, 0.15) is 17.3 Å². The number of carbonyl (C=O) groups excluding carboxylic acids is 9. The molecule has 0 radical (unpaired) electrons. The van der Waals surface area contributed by atoms with Crippen molar-refractivity contribution in [3.63, 3.8) is 0 Å². The molecule has 3 rings (SSSR count). The Hall–Kier alpha value is -4.97. The monoisotopic (exact) mass is 813 g/mol. The maximum Gasteiger partial charge on any atom is 0.253 e. The lowest BCUT2D eigenvalue weighted by Crippen LogP contribution is -2.42. The highest BCUT2D eigenvalue weighted by Crippen LogP contribution is 2.22. The van der Waals surface area contributed by atoms with Crippen LogP contribution in [0.25, 0.3) is 0 Å². The molecule has 0 aliphatic carbocycles. The topological polar surface area (TPSA) is 209 Å². The molecule has 6 amide bonds. The van der Waals surface area contributed by atoms with Gasteiger partial charge in [0.05, 0.1) is 51.3 Å². The summed E-state index contributed by atoms with van der Waals surface area (Å²) in [5, 5.41) is 0. The van der Waals surface area contributed by atoms with Gasteiger partial charge in [0.25, 0.3) is 35.4 Å². The molecule has 0 saturated heterocycles. The van der Waals surface area contributed by atoms with E-state index in [0.29, 0.717) is 51.9 Å². The molecule has 0 aromatic heterocycles. The summed E-state index contributed by atoms with van der Waals surface area (Å²) in [6.07, 6.45) is 12.3. The molecular formula is C41H55N3O14. The number of carbonyl (C=O) groups is 9. The average Bonchev–Trinajstić information content (AvgIpc) is 3.83. The summed E-state index contributed by atoms with van der Waals surface area (Å²) in [6, 6.07) is 0. The molecule has 0 atom stereocenters. The maximum atomic E-state index is 12.3. The third-order valence-electron chi connectivity index (χ3n) is 9.38. The van der Waals surface area contributed by atoms with E-state index in [0.717, 1.165) is 14.7 Å². The first kappa shape index (κ1) is 47.4. The van der Waals surface area contributed by atoms with E-state index in [1.54, 1.807) is 0 Å². The van der Waals surface area contributed by atoms with E-state index in [1.165, 1.54) is 42.7 Å². The number of imide groups is 3. The van der Waals surface area contributed by atoms with Crippen molar-refractivity contribution in [2.45, 2.75) is 70.6 Å². The second-order valence-electron chi connectivity index (χ2n) is 14.1. The summed E-state index contributed by atoms with van der Waals surface area (Å²) in [6.45, 7) is 6.01. The van der Waals surface area contributed by atoms with Crippen LogP contribution in [0.5, 0.6) is 0 Å². The average molecular weight is 814 g/mol. The van der Waals surface area contributed by atoms with Gasteiger partial charge in [-0.1, -0.05) is 6.58 Å². The van der Waals surface area contributed by atoms with Crippen LogP contribution in [0.15, 0.2) is 49.3 Å². The Balaban J connectivity index is 1.38. The van der Waals surface area contributed by atoms with Gasteiger partial charge in [0.2, 0.25) is 0 Å². The van der Waals surface area contributed by atoms with E-state index in [9.17, 15) is 43.2 Å². The number of ether oxygens (including phenoxy) is 5. The second kappa shape index (κ2) is 26.1. The number of amides is 6. The van der Waals surface area contributed by atoms with Crippen molar-refractivity contribution in [1.29, 1.82) is 0 Å². The van der Waals surface area contributed by atoms with Crippen LogP contribution in [0.1, 0.15) is 70.6 Å². The number of ketones is 3. The van der Waals surface area contributed by atoms with Crippen molar-refractivity contribution in [3.05, 3.63) is 49.3 Å². The molecule has 0 aromatic rings. The van der Waals surface area contributed by atoms with Crippen molar-refractivity contribution in [1.82, 2.24) is 14.7 Å². The molecule has 17 heteroatoms. The Morgan fingerprint density at radius 2 is 0.776 bits per heavy atom. The molecule has 0 saturated carbocycles. The molecule has 3 aliphatic rings. The van der Waals surface area contributed by atoms with Crippen LogP contribution in [0.3, 0.4) is 0 Å². The number of unbranched alkanes of at least 4 members (excludes halogenated alkanes) is 2. The third kappa shape index (κ3) is 17.3. The van der Waals surface area contributed by atoms with E-state index in [1.807, 2.05) is 0 Å². The predicted molar refractivity (Wildman–Crippen MR) is 205 cm³/mol. The lowest BCUT2D eigenvalue weighted by molar-refractivity contribution is -0.139. The number of hydrogen-bond acceptors (Lipinski definition) is 14. The summed E-state index contributed by atoms with van der Waals surface area (Å²) in [5.74, 6) is -2.70. The largest absolute Gasteiger partial charge is 0.501 e. The molecule has 17 nitrogen and oxygen atoms in total. The summed E-state index contributed by atoms with van der Waals surface area (Å²) < 4.78 is 29.3. The third-order valence-corrected chi connectivity index (χ3v) is 9.38. The Bertz CT molecular complexity index is 1460. The molecule has 0 N–H and O–H groups in total. The van der Waals surface area contributed by atoms with Crippen molar-refractivity contribution in [2.75, 3.05) is 79.1 Å². The standard InChI is InChI=1S/C41H55N3O14/c1-2-54-28-41(29-56-23-5-3-8-32(45)17-20-42-35(48)11-12-36(42)49,30-57-24-6-4-9-33(46)18-21-43-37(50)13-14-38(43)51)31-58-27-26-55-25-7-10-34(47)19-22-44-39(52)15-16-40(44)53/h2,11-16H,1,3-10,17-31H2. The van der Waals surface area contributed by atoms with Gasteiger partial charge in [-0.05, 0) is 32.1 Å². The SMILES string of the molecule is C=COCC(COCCCCC(=O)CCN1C(=O)C=CC1=O)(COCCCCC(=O)CCN1C(=O)C=CC1=O)COCCOCCCC(=O)CCN1C(=O)C=CC1=O. The fourth-order valence-corrected chi connectivity index (χ4v) is 6.03. The van der Waals surface area contributed by atoms with Crippen LogP contribution < -0.4 is 0 Å². The van der Waals surface area contributed by atoms with Gasteiger partial charge in [-0.25, -0.2) is 0 Å². The van der Waals surface area contributed by atoms with Crippen LogP contribution in [0.2, 0.25) is 0 Å². The smallest absolute Gasteiger partial charge is 0.253 e. The van der Waals surface area contributed by atoms with E-state index in [-0.39, 0.29) is 115 Å². The first-order valence-electron chi connectivity index (χ1n) is 19.6. The van der Waals surface area contributed by atoms with Gasteiger partial charge < -0.3 is 23.7 Å². The normalized spacial score (nSPS) is 15.2. The number of Topliss-reactive ketones (excluding diaryl/α,β-unsaturated/α-hetero) is 3. The van der Waals surface area contributed by atoms with Crippen molar-refractivity contribution in [2.24, 2.45) is 5.41 Å². The predicted octanol–water partition coefficient (Wildman–Crippen LogP) is 1.97. The maximum absolute atomic E-state index is 12.3. The molecule has 0 aromatic carbocycles. The van der Waals surface area contributed by atoms with Gasteiger partial charge in [-0.15, -0.1) is 0 Å². The van der Waals surface area contributed by atoms with Crippen LogP contribution >= 0.6 is 0 Å². The minimum atomic E-state index is -0.758. The van der Waals surface area contributed by atoms with Crippen LogP contribution in [0.4, 0.5) is 0 Å². The zero-order chi connectivity index (χ0) is 42.2. The molecule has 0 unspecified atom stereocenters. The highest BCUT2D eigenvalue weighted by molar-refractivity contribution is 6.14. The number of rotatable bonds is 35. The molecular weight excluding hydrogens is 758 g/mol. The van der Waals surface area contributed by atoms with E-state index < -0.39 is 40.9 Å². The van der Waals surface area contributed by atoms with E-state index in [2.05, 4.69) is 6.58 Å². The molecule has 3 heterocycles. The Kier molecular flexibility index (Phi) is 21.3. The highest BCUT2D eigenvalue weighted by atomic mass is 16.5. The van der Waals surface area contributed by atoms with Gasteiger partial charge in [0.15, 0.2) is 0 Å². The number of nitrogens with zero attached hydrogens (tertiary/aromatic N) is 3. The van der Waals surface area contributed by atoms with Gasteiger partial charge in [-0.3, -0.25) is 57.9 Å². The number of hydrogen-bond donors (Lipinski definition) is 0. The lowest BCUT2D eigenvalue weighted by Gasteiger charge is -2.32. The molecule has 3 aliphatic heterocycles. The zero-order valence-corrected chi connectivity index (χ0v) is 33.1. The highest BCUT2D eigenvalue weighted by Gasteiger charge is 2.33. The Morgan fingerprint density at radius 1 is 0.448 bits per heavy atom. The van der Waals surface area contributed by atoms with Crippen LogP contribution in [-0.2, 0) is 66.8 Å². The molecule has 0 bridgehead atoms. The minimum Gasteiger partial charge on any atom is -0.501 e. The Labute approximate surface area is 338 Å². The van der Waals surface area contributed by atoms with Crippen molar-refractivity contribution in [3.8, 4) is 0 Å². The van der Waals surface area contributed by atoms with Crippen molar-refractivity contribution >= 4 is 52.8 Å². The summed E-state index contributed by atoms with van der Waals surface area (Å²) in [7, 11) is 0. The van der Waals surface area contributed by atoms with E-state index >= 15 is 0 Å². The summed E-state index contributed by atoms with van der Waals surface area (Å²) in [5.41, 5.74) is -0.758. The summed E-state index contributed by atoms with van der Waals surface area (Å²) >= 11 is 0. The van der Waals surface area contributed by atoms with Crippen molar-refractivity contribution < 1.29 is 66.8 Å². The van der Waals surface area contributed by atoms with Gasteiger partial charge in [0, 0.05) is 114 Å². The van der Waals surface area contributed by atoms with Gasteiger partial charge >= 0.3 is 0 Å². The Morgan fingerprint density at radius 3 is 1.16 bits per heavy atom. The quantitative estimate of drug-likeness (QED) is 0.0509. The first-order chi connectivity index (χ1) is 27.9. The van der Waals surface area contributed by atoms with Crippen LogP contribution in [-0.4, -0.2) is 147 Å². The molecule has 0 fully saturated rings. The van der Waals surface area contributed by atoms with E-state index in [4.69, 9.17) is 23.7 Å². The molecule has 58 heavy (non-hydrogen) atoms. The first-order valence-corrected chi connectivity index (χ1v) is 19.6. The summed E-state index contributed by atoms with van der Waals surface area (Å²) in [4.78, 5) is 110. The van der Waals surface area contributed by atoms with Crippen LogP contribution in [0, 0.1) is 5.41 Å².